The van der Waals surface area contributed by atoms with Crippen molar-refractivity contribution in [2.45, 2.75) is 38.0 Å². The van der Waals surface area contributed by atoms with Gasteiger partial charge >= 0.3 is 0 Å². The van der Waals surface area contributed by atoms with Crippen molar-refractivity contribution < 1.29 is 14.3 Å². The van der Waals surface area contributed by atoms with Gasteiger partial charge in [-0.3, -0.25) is 9.59 Å². The van der Waals surface area contributed by atoms with Crippen molar-refractivity contribution in [3.05, 3.63) is 74.9 Å². The van der Waals surface area contributed by atoms with Crippen LogP contribution in [-0.2, 0) is 9.59 Å². The fraction of sp³-hybridized carbons (Fsp3) is 0.304. The van der Waals surface area contributed by atoms with E-state index < -0.39 is 0 Å². The Morgan fingerprint density at radius 2 is 1.71 bits per heavy atom. The number of halogens is 1. The van der Waals surface area contributed by atoms with Crippen LogP contribution in [0.2, 0.25) is 0 Å². The van der Waals surface area contributed by atoms with Crippen LogP contribution in [0.15, 0.2) is 58.2 Å². The first-order valence-electron chi connectivity index (χ1n) is 9.42. The van der Waals surface area contributed by atoms with Crippen LogP contribution in [0, 0.1) is 6.92 Å². The van der Waals surface area contributed by atoms with Gasteiger partial charge in [0.2, 0.25) is 5.91 Å². The number of amides is 1. The smallest absolute Gasteiger partial charge is 0.225 e. The lowest BCUT2D eigenvalue weighted by Gasteiger charge is -2.34. The van der Waals surface area contributed by atoms with Gasteiger partial charge in [-0.2, -0.15) is 0 Å². The molecule has 4 rings (SSSR count). The monoisotopic (exact) mass is 439 g/mol. The molecule has 0 bridgehead atoms. The minimum atomic E-state index is -0.211. The van der Waals surface area contributed by atoms with E-state index in [4.69, 9.17) is 4.74 Å². The van der Waals surface area contributed by atoms with Crippen LogP contribution >= 0.6 is 15.9 Å². The zero-order chi connectivity index (χ0) is 19.8. The summed E-state index contributed by atoms with van der Waals surface area (Å²) in [6.45, 7) is 2.05. The number of hydrogen-bond acceptors (Lipinski definition) is 3. The number of methoxy groups -OCH3 is 1. The maximum absolute atomic E-state index is 13.1. The molecule has 4 nitrogen and oxygen atoms in total. The number of aryl methyl sites for hydroxylation is 1. The molecule has 0 fully saturated rings. The number of nitrogens with one attached hydrogen (secondary N) is 1. The summed E-state index contributed by atoms with van der Waals surface area (Å²) in [5, 5.41) is 2.98. The molecule has 1 heterocycles. The number of Topliss-reactive ketones (excluding diaryl/α,β-unsaturated/α-hetero) is 1. The highest BCUT2D eigenvalue weighted by Crippen LogP contribution is 2.43. The number of benzene rings is 2. The highest BCUT2D eigenvalue weighted by Gasteiger charge is 2.38. The molecule has 2 unspecified atom stereocenters. The average Bonchev–Trinajstić information content (AvgIpc) is 2.67. The van der Waals surface area contributed by atoms with Crippen molar-refractivity contribution in [3.63, 3.8) is 0 Å². The third-order valence-corrected chi connectivity index (χ3v) is 6.28. The van der Waals surface area contributed by atoms with E-state index in [0.29, 0.717) is 19.3 Å². The normalized spacial score (nSPS) is 22.0. The summed E-state index contributed by atoms with van der Waals surface area (Å²) in [6, 6.07) is 14.1. The minimum absolute atomic E-state index is 0.0342. The number of hydrogen-bond donors (Lipinski definition) is 1. The lowest BCUT2D eigenvalue weighted by Crippen LogP contribution is -2.38. The molecule has 0 spiro atoms. The Labute approximate surface area is 173 Å². The van der Waals surface area contributed by atoms with Gasteiger partial charge in [0, 0.05) is 30.0 Å². The van der Waals surface area contributed by atoms with E-state index in [-0.39, 0.29) is 23.5 Å². The van der Waals surface area contributed by atoms with Crippen LogP contribution in [0.5, 0.6) is 5.75 Å². The van der Waals surface area contributed by atoms with E-state index >= 15 is 0 Å². The number of carbonyl (C=O) groups is 2. The Hall–Kier alpha value is -2.40. The van der Waals surface area contributed by atoms with Crippen LogP contribution in [-0.4, -0.2) is 18.8 Å². The molecule has 0 radical (unpaired) electrons. The lowest BCUT2D eigenvalue weighted by atomic mass is 9.73. The average molecular weight is 440 g/mol. The summed E-state index contributed by atoms with van der Waals surface area (Å²) in [4.78, 5) is 25.5. The fourth-order valence-electron chi connectivity index (χ4n) is 4.22. The van der Waals surface area contributed by atoms with Gasteiger partial charge in [0.1, 0.15) is 5.75 Å². The zero-order valence-corrected chi connectivity index (χ0v) is 17.5. The first kappa shape index (κ1) is 18.9. The molecule has 2 aromatic carbocycles. The van der Waals surface area contributed by atoms with Crippen molar-refractivity contribution >= 4 is 27.6 Å². The Morgan fingerprint density at radius 3 is 2.39 bits per heavy atom. The Balaban J connectivity index is 1.70. The van der Waals surface area contributed by atoms with Gasteiger partial charge in [-0.1, -0.05) is 35.9 Å². The van der Waals surface area contributed by atoms with Gasteiger partial charge in [0.25, 0.3) is 0 Å². The molecule has 2 aliphatic rings. The second kappa shape index (κ2) is 7.55. The molecule has 1 amide bonds. The van der Waals surface area contributed by atoms with Gasteiger partial charge < -0.3 is 10.1 Å². The zero-order valence-electron chi connectivity index (χ0n) is 15.9. The number of carbonyl (C=O) groups excluding carboxylic acids is 2. The molecule has 1 aliphatic heterocycles. The molecule has 28 heavy (non-hydrogen) atoms. The van der Waals surface area contributed by atoms with E-state index in [1.807, 2.05) is 18.2 Å². The number of allylic oxidation sites excluding steroid dienone is 2. The molecule has 144 valence electrons. The van der Waals surface area contributed by atoms with Crippen molar-refractivity contribution in [2.75, 3.05) is 7.11 Å². The molecule has 0 aromatic heterocycles. The molecule has 0 saturated carbocycles. The minimum Gasteiger partial charge on any atom is -0.496 e. The summed E-state index contributed by atoms with van der Waals surface area (Å²) in [5.41, 5.74) is 4.85. The Bertz CT molecular complexity index is 978. The van der Waals surface area contributed by atoms with Gasteiger partial charge in [-0.25, -0.2) is 0 Å². The maximum atomic E-state index is 13.1. The summed E-state index contributed by atoms with van der Waals surface area (Å²) in [6.07, 6.45) is 1.45. The summed E-state index contributed by atoms with van der Waals surface area (Å²) >= 11 is 3.51. The molecule has 1 aliphatic carbocycles. The highest BCUT2D eigenvalue weighted by atomic mass is 79.9. The quantitative estimate of drug-likeness (QED) is 0.748. The van der Waals surface area contributed by atoms with E-state index in [1.165, 1.54) is 5.56 Å². The second-order valence-corrected chi connectivity index (χ2v) is 8.38. The molecule has 2 aromatic rings. The lowest BCUT2D eigenvalue weighted by molar-refractivity contribution is -0.122. The largest absolute Gasteiger partial charge is 0.496 e. The molecule has 0 saturated heterocycles. The molecular weight excluding hydrogens is 418 g/mol. The van der Waals surface area contributed by atoms with Crippen molar-refractivity contribution in [3.8, 4) is 5.75 Å². The molecule has 5 heteroatoms. The second-order valence-electron chi connectivity index (χ2n) is 7.53. The Morgan fingerprint density at radius 1 is 1.00 bits per heavy atom. The van der Waals surface area contributed by atoms with Gasteiger partial charge in [0.05, 0.1) is 11.6 Å². The predicted molar refractivity (Wildman–Crippen MR) is 111 cm³/mol. The van der Waals surface area contributed by atoms with Crippen LogP contribution in [0.3, 0.4) is 0 Å². The topological polar surface area (TPSA) is 55.4 Å². The van der Waals surface area contributed by atoms with Gasteiger partial charge in [-0.05, 0) is 58.5 Å². The third-order valence-electron chi connectivity index (χ3n) is 5.66. The first-order chi connectivity index (χ1) is 13.5. The molecule has 1 N–H and O–H groups in total. The van der Waals surface area contributed by atoms with Crippen LogP contribution in [0.25, 0.3) is 0 Å². The maximum Gasteiger partial charge on any atom is 0.225 e. The first-order valence-corrected chi connectivity index (χ1v) is 10.2. The predicted octanol–water partition coefficient (Wildman–Crippen LogP) is 4.77. The van der Waals surface area contributed by atoms with Crippen LogP contribution in [0.4, 0.5) is 0 Å². The molecular formula is C23H22BrNO3. The fourth-order valence-corrected chi connectivity index (χ4v) is 4.78. The highest BCUT2D eigenvalue weighted by molar-refractivity contribution is 9.10. The Kier molecular flexibility index (Phi) is 5.11. The van der Waals surface area contributed by atoms with Crippen LogP contribution in [0.1, 0.15) is 47.8 Å². The van der Waals surface area contributed by atoms with E-state index in [1.54, 1.807) is 7.11 Å². The van der Waals surface area contributed by atoms with Crippen LogP contribution < -0.4 is 10.1 Å². The standard InChI is InChI=1S/C23H22BrNO3/c1-13-3-5-14(6-4-13)16-10-19-23(20(26)11-16)17(12-22(27)25-19)15-7-8-21(28-2)18(24)9-15/h3-9,16-17H,10-12H2,1-2H3,(H,25,27). The van der Waals surface area contributed by atoms with E-state index in [0.717, 1.165) is 32.6 Å². The van der Waals surface area contributed by atoms with Crippen molar-refractivity contribution in [1.29, 1.82) is 0 Å². The third kappa shape index (κ3) is 3.51. The van der Waals surface area contributed by atoms with E-state index in [2.05, 4.69) is 52.4 Å². The summed E-state index contributed by atoms with van der Waals surface area (Å²) in [5.74, 6) is 0.718. The van der Waals surface area contributed by atoms with Gasteiger partial charge in [-0.15, -0.1) is 0 Å². The summed E-state index contributed by atoms with van der Waals surface area (Å²) in [7, 11) is 1.62. The van der Waals surface area contributed by atoms with Gasteiger partial charge in [0.15, 0.2) is 5.78 Å². The SMILES string of the molecule is COc1ccc(C2CC(=O)NC3=C2C(=O)CC(c2ccc(C)cc2)C3)cc1Br. The van der Waals surface area contributed by atoms with Crippen molar-refractivity contribution in [1.82, 2.24) is 5.32 Å². The van der Waals surface area contributed by atoms with E-state index in [9.17, 15) is 9.59 Å². The number of rotatable bonds is 3. The number of ketones is 1. The van der Waals surface area contributed by atoms with Crippen molar-refractivity contribution in [2.24, 2.45) is 0 Å². The number of ether oxygens (including phenoxy) is 1. The summed E-state index contributed by atoms with van der Waals surface area (Å²) < 4.78 is 6.12. The molecule has 2 atom stereocenters.